The number of nitrogens with one attached hydrogen (secondary N) is 1. The molecule has 2 rings (SSSR count). The fraction of sp³-hybridized carbons (Fsp3) is 0.556. The molecule has 0 aliphatic carbocycles. The number of hydrogen-bond donors (Lipinski definition) is 1. The highest BCUT2D eigenvalue weighted by atomic mass is 35.5. The van der Waals surface area contributed by atoms with E-state index in [1.165, 1.54) is 0 Å². The maximum atomic E-state index is 5.68. The Morgan fingerprint density at radius 2 is 2.36 bits per heavy atom. The number of halogens is 1. The average molecular weight is 213 g/mol. The zero-order valence-electron chi connectivity index (χ0n) is 8.07. The zero-order valence-corrected chi connectivity index (χ0v) is 8.83. The number of hydrogen-bond acceptors (Lipinski definition) is 4. The van der Waals surface area contributed by atoms with Crippen molar-refractivity contribution >= 4 is 17.4 Å². The second-order valence-electron chi connectivity index (χ2n) is 3.46. The summed E-state index contributed by atoms with van der Waals surface area (Å²) in [6.07, 6.45) is 0. The lowest BCUT2D eigenvalue weighted by molar-refractivity contribution is 0.495. The lowest BCUT2D eigenvalue weighted by Crippen LogP contribution is -2.50. The van der Waals surface area contributed by atoms with Gasteiger partial charge in [-0.15, -0.1) is 10.2 Å². The molecule has 0 amide bonds. The van der Waals surface area contributed by atoms with Gasteiger partial charge in [0.05, 0.1) is 0 Å². The van der Waals surface area contributed by atoms with Crippen LogP contribution in [0.1, 0.15) is 6.92 Å². The van der Waals surface area contributed by atoms with Gasteiger partial charge in [0, 0.05) is 25.7 Å². The Labute approximate surface area is 88.3 Å². The minimum atomic E-state index is 0.441. The number of piperazine rings is 1. The predicted octanol–water partition coefficient (Wildman–Crippen LogP) is 0.928. The van der Waals surface area contributed by atoms with E-state index < -0.39 is 0 Å². The fourth-order valence-electron chi connectivity index (χ4n) is 1.64. The van der Waals surface area contributed by atoms with Gasteiger partial charge in [-0.25, -0.2) is 0 Å². The molecule has 1 aliphatic heterocycles. The van der Waals surface area contributed by atoms with Crippen LogP contribution in [0.15, 0.2) is 12.1 Å². The van der Waals surface area contributed by atoms with Gasteiger partial charge in [-0.1, -0.05) is 11.6 Å². The normalized spacial score (nSPS) is 22.4. The van der Waals surface area contributed by atoms with Gasteiger partial charge in [0.1, 0.15) is 0 Å². The topological polar surface area (TPSA) is 41.0 Å². The van der Waals surface area contributed by atoms with Crippen LogP contribution in [0.5, 0.6) is 0 Å². The van der Waals surface area contributed by atoms with E-state index in [0.717, 1.165) is 25.5 Å². The molecule has 0 bridgehead atoms. The third-order valence-corrected chi connectivity index (χ3v) is 2.62. The lowest BCUT2D eigenvalue weighted by atomic mass is 10.2. The van der Waals surface area contributed by atoms with E-state index in [1.807, 2.05) is 6.07 Å². The Hall–Kier alpha value is -0.870. The van der Waals surface area contributed by atoms with Crippen molar-refractivity contribution in [3.05, 3.63) is 17.3 Å². The van der Waals surface area contributed by atoms with Gasteiger partial charge < -0.3 is 10.2 Å². The summed E-state index contributed by atoms with van der Waals surface area (Å²) in [4.78, 5) is 2.24. The van der Waals surface area contributed by atoms with Crippen molar-refractivity contribution in [3.8, 4) is 0 Å². The predicted molar refractivity (Wildman–Crippen MR) is 56.7 cm³/mol. The van der Waals surface area contributed by atoms with Gasteiger partial charge in [-0.3, -0.25) is 0 Å². The van der Waals surface area contributed by atoms with Crippen molar-refractivity contribution in [2.75, 3.05) is 24.5 Å². The summed E-state index contributed by atoms with van der Waals surface area (Å²) in [6.45, 7) is 5.12. The van der Waals surface area contributed by atoms with Crippen LogP contribution in [0.25, 0.3) is 0 Å². The summed E-state index contributed by atoms with van der Waals surface area (Å²) >= 11 is 5.68. The second-order valence-corrected chi connectivity index (χ2v) is 3.85. The number of nitrogens with zero attached hydrogens (tertiary/aromatic N) is 3. The first kappa shape index (κ1) is 9.68. The highest BCUT2D eigenvalue weighted by Gasteiger charge is 2.19. The maximum absolute atomic E-state index is 5.68. The van der Waals surface area contributed by atoms with Crippen molar-refractivity contribution in [2.45, 2.75) is 13.0 Å². The molecule has 0 saturated carbocycles. The van der Waals surface area contributed by atoms with Gasteiger partial charge in [-0.05, 0) is 19.1 Å². The van der Waals surface area contributed by atoms with E-state index in [4.69, 9.17) is 11.6 Å². The molecule has 14 heavy (non-hydrogen) atoms. The third kappa shape index (κ3) is 1.96. The molecule has 1 aliphatic rings. The largest absolute Gasteiger partial charge is 0.350 e. The Balaban J connectivity index is 2.16. The highest BCUT2D eigenvalue weighted by molar-refractivity contribution is 6.29. The quantitative estimate of drug-likeness (QED) is 0.752. The fourth-order valence-corrected chi connectivity index (χ4v) is 1.74. The van der Waals surface area contributed by atoms with Gasteiger partial charge in [0.15, 0.2) is 11.0 Å². The highest BCUT2D eigenvalue weighted by Crippen LogP contribution is 2.15. The summed E-state index contributed by atoms with van der Waals surface area (Å²) in [5.74, 6) is 0.906. The zero-order chi connectivity index (χ0) is 9.97. The molecule has 1 aromatic rings. The molecular formula is C9H13ClN4. The minimum Gasteiger partial charge on any atom is -0.350 e. The molecule has 1 N–H and O–H groups in total. The Morgan fingerprint density at radius 3 is 3.00 bits per heavy atom. The van der Waals surface area contributed by atoms with Gasteiger partial charge >= 0.3 is 0 Å². The third-order valence-electron chi connectivity index (χ3n) is 2.41. The van der Waals surface area contributed by atoms with Crippen LogP contribution in [-0.4, -0.2) is 35.9 Å². The van der Waals surface area contributed by atoms with Crippen molar-refractivity contribution in [1.29, 1.82) is 0 Å². The molecule has 1 saturated heterocycles. The average Bonchev–Trinajstić information content (AvgIpc) is 2.20. The van der Waals surface area contributed by atoms with Crippen molar-refractivity contribution < 1.29 is 0 Å². The molecule has 1 fully saturated rings. The summed E-state index contributed by atoms with van der Waals surface area (Å²) in [6, 6.07) is 4.15. The van der Waals surface area contributed by atoms with E-state index in [9.17, 15) is 0 Å². The van der Waals surface area contributed by atoms with Crippen LogP contribution in [0.3, 0.4) is 0 Å². The van der Waals surface area contributed by atoms with Crippen LogP contribution in [0, 0.1) is 0 Å². The first-order chi connectivity index (χ1) is 6.77. The van der Waals surface area contributed by atoms with Gasteiger partial charge in [0.25, 0.3) is 0 Å². The number of aromatic nitrogens is 2. The van der Waals surface area contributed by atoms with Crippen LogP contribution in [0.4, 0.5) is 5.82 Å². The molecule has 5 heteroatoms. The SMILES string of the molecule is C[C@@H]1CNCCN1c1ccc(Cl)nn1. The minimum absolute atomic E-state index is 0.441. The summed E-state index contributed by atoms with van der Waals surface area (Å²) in [7, 11) is 0. The van der Waals surface area contributed by atoms with E-state index in [1.54, 1.807) is 6.07 Å². The lowest BCUT2D eigenvalue weighted by Gasteiger charge is -2.34. The van der Waals surface area contributed by atoms with Crippen molar-refractivity contribution in [2.24, 2.45) is 0 Å². The van der Waals surface area contributed by atoms with Crippen molar-refractivity contribution in [3.63, 3.8) is 0 Å². The first-order valence-electron chi connectivity index (χ1n) is 4.74. The molecule has 0 radical (unpaired) electrons. The van der Waals surface area contributed by atoms with Crippen LogP contribution < -0.4 is 10.2 Å². The first-order valence-corrected chi connectivity index (χ1v) is 5.12. The second kappa shape index (κ2) is 4.11. The van der Waals surface area contributed by atoms with Crippen LogP contribution >= 0.6 is 11.6 Å². The molecule has 1 aromatic heterocycles. The monoisotopic (exact) mass is 212 g/mol. The number of anilines is 1. The Bertz CT molecular complexity index is 300. The Kier molecular flexibility index (Phi) is 2.84. The molecular weight excluding hydrogens is 200 g/mol. The smallest absolute Gasteiger partial charge is 0.151 e. The molecule has 0 spiro atoms. The van der Waals surface area contributed by atoms with E-state index >= 15 is 0 Å². The molecule has 2 heterocycles. The van der Waals surface area contributed by atoms with E-state index in [-0.39, 0.29) is 0 Å². The van der Waals surface area contributed by atoms with Crippen LogP contribution in [0.2, 0.25) is 5.15 Å². The van der Waals surface area contributed by atoms with Crippen LogP contribution in [-0.2, 0) is 0 Å². The van der Waals surface area contributed by atoms with Gasteiger partial charge in [-0.2, -0.15) is 0 Å². The molecule has 0 unspecified atom stereocenters. The summed E-state index contributed by atoms with van der Waals surface area (Å²) in [5.41, 5.74) is 0. The summed E-state index contributed by atoms with van der Waals surface area (Å²) in [5, 5.41) is 11.7. The maximum Gasteiger partial charge on any atom is 0.151 e. The molecule has 76 valence electrons. The molecule has 0 aromatic carbocycles. The Morgan fingerprint density at radius 1 is 1.50 bits per heavy atom. The van der Waals surface area contributed by atoms with Crippen molar-refractivity contribution in [1.82, 2.24) is 15.5 Å². The number of rotatable bonds is 1. The van der Waals surface area contributed by atoms with E-state index in [2.05, 4.69) is 27.3 Å². The molecule has 1 atom stereocenters. The van der Waals surface area contributed by atoms with Gasteiger partial charge in [0.2, 0.25) is 0 Å². The standard InChI is InChI=1S/C9H13ClN4/c1-7-6-11-4-5-14(7)9-3-2-8(10)12-13-9/h2-3,7,11H,4-6H2,1H3/t7-/m1/s1. The van der Waals surface area contributed by atoms with E-state index in [0.29, 0.717) is 11.2 Å². The summed E-state index contributed by atoms with van der Waals surface area (Å²) < 4.78 is 0. The molecule has 4 nitrogen and oxygen atoms in total.